The molecule has 1 aliphatic heterocycles. The molecule has 2 rings (SSSR count). The summed E-state index contributed by atoms with van der Waals surface area (Å²) in [5.41, 5.74) is 8.34. The SMILES string of the molecule is Cc1nc(N2CCCCC2)nc(C)c1N. The van der Waals surface area contributed by atoms with Crippen LogP contribution in [-0.2, 0) is 0 Å². The maximum Gasteiger partial charge on any atom is 0.225 e. The first kappa shape index (κ1) is 10.2. The van der Waals surface area contributed by atoms with Crippen molar-refractivity contribution in [3.63, 3.8) is 0 Å². The first-order valence-corrected chi connectivity index (χ1v) is 5.54. The molecule has 0 unspecified atom stereocenters. The molecule has 0 aromatic carbocycles. The number of hydrogen-bond donors (Lipinski definition) is 1. The zero-order valence-corrected chi connectivity index (χ0v) is 9.45. The van der Waals surface area contributed by atoms with Gasteiger partial charge in [0.05, 0.1) is 17.1 Å². The van der Waals surface area contributed by atoms with Crippen LogP contribution in [0.4, 0.5) is 11.6 Å². The second kappa shape index (κ2) is 4.04. The molecule has 1 aromatic heterocycles. The van der Waals surface area contributed by atoms with Crippen molar-refractivity contribution < 1.29 is 0 Å². The third-order valence-electron chi connectivity index (χ3n) is 2.95. The summed E-state index contributed by atoms with van der Waals surface area (Å²) in [6, 6.07) is 0. The smallest absolute Gasteiger partial charge is 0.225 e. The molecule has 0 bridgehead atoms. The van der Waals surface area contributed by atoms with Gasteiger partial charge in [0.15, 0.2) is 0 Å². The maximum atomic E-state index is 5.84. The molecule has 2 heterocycles. The lowest BCUT2D eigenvalue weighted by molar-refractivity contribution is 0.567. The van der Waals surface area contributed by atoms with Gasteiger partial charge in [-0.15, -0.1) is 0 Å². The molecular formula is C11H18N4. The highest BCUT2D eigenvalue weighted by Crippen LogP contribution is 2.20. The highest BCUT2D eigenvalue weighted by atomic mass is 15.3. The van der Waals surface area contributed by atoms with Crippen LogP contribution in [0.5, 0.6) is 0 Å². The monoisotopic (exact) mass is 206 g/mol. The second-order valence-corrected chi connectivity index (χ2v) is 4.16. The van der Waals surface area contributed by atoms with E-state index in [0.717, 1.165) is 36.1 Å². The van der Waals surface area contributed by atoms with E-state index in [2.05, 4.69) is 14.9 Å². The summed E-state index contributed by atoms with van der Waals surface area (Å²) < 4.78 is 0. The van der Waals surface area contributed by atoms with E-state index in [4.69, 9.17) is 5.73 Å². The van der Waals surface area contributed by atoms with Gasteiger partial charge < -0.3 is 10.6 Å². The van der Waals surface area contributed by atoms with Gasteiger partial charge in [-0.3, -0.25) is 0 Å². The van der Waals surface area contributed by atoms with Crippen molar-refractivity contribution in [2.75, 3.05) is 23.7 Å². The van der Waals surface area contributed by atoms with E-state index in [1.165, 1.54) is 19.3 Å². The van der Waals surface area contributed by atoms with E-state index in [1.54, 1.807) is 0 Å². The lowest BCUT2D eigenvalue weighted by Gasteiger charge is -2.27. The van der Waals surface area contributed by atoms with Crippen LogP contribution >= 0.6 is 0 Å². The fourth-order valence-electron chi connectivity index (χ4n) is 1.94. The molecule has 1 fully saturated rings. The zero-order chi connectivity index (χ0) is 10.8. The molecule has 0 spiro atoms. The van der Waals surface area contributed by atoms with Gasteiger partial charge >= 0.3 is 0 Å². The Bertz CT molecular complexity index is 333. The number of piperidine rings is 1. The Kier molecular flexibility index (Phi) is 2.75. The van der Waals surface area contributed by atoms with Gasteiger partial charge in [-0.2, -0.15) is 0 Å². The van der Waals surface area contributed by atoms with Crippen LogP contribution in [-0.4, -0.2) is 23.1 Å². The van der Waals surface area contributed by atoms with Crippen LogP contribution in [0.1, 0.15) is 30.7 Å². The number of aryl methyl sites for hydroxylation is 2. The zero-order valence-electron chi connectivity index (χ0n) is 9.45. The number of nitrogens with zero attached hydrogens (tertiary/aromatic N) is 3. The Hall–Kier alpha value is -1.32. The normalized spacial score (nSPS) is 16.8. The number of rotatable bonds is 1. The molecule has 0 amide bonds. The van der Waals surface area contributed by atoms with Crippen molar-refractivity contribution in [2.24, 2.45) is 0 Å². The number of anilines is 2. The Morgan fingerprint density at radius 3 is 2.07 bits per heavy atom. The van der Waals surface area contributed by atoms with Crippen molar-refractivity contribution in [2.45, 2.75) is 33.1 Å². The van der Waals surface area contributed by atoms with Crippen LogP contribution in [0.3, 0.4) is 0 Å². The molecule has 1 aliphatic rings. The van der Waals surface area contributed by atoms with Crippen LogP contribution < -0.4 is 10.6 Å². The number of hydrogen-bond acceptors (Lipinski definition) is 4. The summed E-state index contributed by atoms with van der Waals surface area (Å²) in [4.78, 5) is 11.1. The molecular weight excluding hydrogens is 188 g/mol. The minimum atomic E-state index is 0.718. The third kappa shape index (κ3) is 2.03. The van der Waals surface area contributed by atoms with Crippen molar-refractivity contribution in [1.29, 1.82) is 0 Å². The van der Waals surface area contributed by atoms with Gasteiger partial charge in [0.2, 0.25) is 5.95 Å². The van der Waals surface area contributed by atoms with Gasteiger partial charge in [0.25, 0.3) is 0 Å². The Labute approximate surface area is 90.5 Å². The van der Waals surface area contributed by atoms with E-state index in [1.807, 2.05) is 13.8 Å². The van der Waals surface area contributed by atoms with Crippen LogP contribution in [0.25, 0.3) is 0 Å². The first-order valence-electron chi connectivity index (χ1n) is 5.54. The average molecular weight is 206 g/mol. The molecule has 1 saturated heterocycles. The fraction of sp³-hybridized carbons (Fsp3) is 0.636. The molecule has 0 saturated carbocycles. The molecule has 0 atom stereocenters. The van der Waals surface area contributed by atoms with Crippen molar-refractivity contribution in [3.05, 3.63) is 11.4 Å². The summed E-state index contributed by atoms with van der Waals surface area (Å²) in [7, 11) is 0. The molecule has 15 heavy (non-hydrogen) atoms. The largest absolute Gasteiger partial charge is 0.396 e. The Morgan fingerprint density at radius 2 is 1.53 bits per heavy atom. The lowest BCUT2D eigenvalue weighted by atomic mass is 10.1. The minimum Gasteiger partial charge on any atom is -0.396 e. The molecule has 82 valence electrons. The van der Waals surface area contributed by atoms with Crippen molar-refractivity contribution in [1.82, 2.24) is 9.97 Å². The summed E-state index contributed by atoms with van der Waals surface area (Å²) in [5.74, 6) is 0.846. The van der Waals surface area contributed by atoms with Crippen molar-refractivity contribution in [3.8, 4) is 0 Å². The first-order chi connectivity index (χ1) is 7.18. The van der Waals surface area contributed by atoms with Gasteiger partial charge in [-0.05, 0) is 33.1 Å². The fourth-order valence-corrected chi connectivity index (χ4v) is 1.94. The Balaban J connectivity index is 2.27. The molecule has 0 radical (unpaired) electrons. The minimum absolute atomic E-state index is 0.718. The van der Waals surface area contributed by atoms with Gasteiger partial charge in [-0.25, -0.2) is 9.97 Å². The summed E-state index contributed by atoms with van der Waals surface area (Å²) in [6.45, 7) is 6.03. The predicted octanol–water partition coefficient (Wildman–Crippen LogP) is 1.67. The van der Waals surface area contributed by atoms with E-state index in [-0.39, 0.29) is 0 Å². The number of nitrogen functional groups attached to an aromatic ring is 1. The summed E-state index contributed by atoms with van der Waals surface area (Å²) >= 11 is 0. The van der Waals surface area contributed by atoms with E-state index >= 15 is 0 Å². The van der Waals surface area contributed by atoms with E-state index in [0.29, 0.717) is 0 Å². The average Bonchev–Trinajstić information content (AvgIpc) is 2.26. The predicted molar refractivity (Wildman–Crippen MR) is 62.0 cm³/mol. The lowest BCUT2D eigenvalue weighted by Crippen LogP contribution is -2.31. The number of nitrogens with two attached hydrogens (primary N) is 1. The van der Waals surface area contributed by atoms with Gasteiger partial charge in [-0.1, -0.05) is 0 Å². The second-order valence-electron chi connectivity index (χ2n) is 4.16. The topological polar surface area (TPSA) is 55.0 Å². The van der Waals surface area contributed by atoms with Crippen LogP contribution in [0.15, 0.2) is 0 Å². The molecule has 4 nitrogen and oxygen atoms in total. The van der Waals surface area contributed by atoms with E-state index < -0.39 is 0 Å². The Morgan fingerprint density at radius 1 is 1.00 bits per heavy atom. The van der Waals surface area contributed by atoms with Crippen LogP contribution in [0, 0.1) is 13.8 Å². The molecule has 4 heteroatoms. The summed E-state index contributed by atoms with van der Waals surface area (Å²) in [5, 5.41) is 0. The third-order valence-corrected chi connectivity index (χ3v) is 2.95. The molecule has 1 aromatic rings. The number of aromatic nitrogens is 2. The highest BCUT2D eigenvalue weighted by molar-refractivity contribution is 5.50. The standard InChI is InChI=1S/C11H18N4/c1-8-10(12)9(2)14-11(13-8)15-6-4-3-5-7-15/h3-7,12H2,1-2H3. The molecule has 0 aliphatic carbocycles. The quantitative estimate of drug-likeness (QED) is 0.759. The van der Waals surface area contributed by atoms with E-state index in [9.17, 15) is 0 Å². The van der Waals surface area contributed by atoms with Gasteiger partial charge in [0.1, 0.15) is 0 Å². The molecule has 2 N–H and O–H groups in total. The maximum absolute atomic E-state index is 5.84. The van der Waals surface area contributed by atoms with Crippen LogP contribution in [0.2, 0.25) is 0 Å². The summed E-state index contributed by atoms with van der Waals surface area (Å²) in [6.07, 6.45) is 3.81. The highest BCUT2D eigenvalue weighted by Gasteiger charge is 2.15. The van der Waals surface area contributed by atoms with Gasteiger partial charge in [0, 0.05) is 13.1 Å². The van der Waals surface area contributed by atoms with Crippen molar-refractivity contribution >= 4 is 11.6 Å².